The molecular weight excluding hydrogens is 448 g/mol. The standard InChI is InChI=1S/C24H19BrO5/c1-28-19-13-9-17(23(15-19)29-2)10-14-22(26)16-7-11-18(12-8-16)30-24(27)20-5-3-4-6-21(20)25/h3-15H,1-2H3/b14-10+. The molecule has 0 saturated carbocycles. The maximum Gasteiger partial charge on any atom is 0.344 e. The molecule has 3 aromatic rings. The number of methoxy groups -OCH3 is 2. The van der Waals surface area contributed by atoms with Crippen LogP contribution in [0.15, 0.2) is 77.3 Å². The predicted molar refractivity (Wildman–Crippen MR) is 118 cm³/mol. The van der Waals surface area contributed by atoms with E-state index < -0.39 is 5.97 Å². The number of rotatable bonds is 7. The summed E-state index contributed by atoms with van der Waals surface area (Å²) in [5.41, 5.74) is 1.65. The van der Waals surface area contributed by atoms with Crippen LogP contribution in [0, 0.1) is 0 Å². The number of esters is 1. The summed E-state index contributed by atoms with van der Waals surface area (Å²) >= 11 is 3.33. The Kier molecular flexibility index (Phi) is 7.03. The molecule has 0 radical (unpaired) electrons. The molecule has 0 bridgehead atoms. The van der Waals surface area contributed by atoms with Crippen LogP contribution in [0.4, 0.5) is 0 Å². The molecule has 0 spiro atoms. The average Bonchev–Trinajstić information content (AvgIpc) is 2.78. The molecule has 0 aliphatic carbocycles. The molecule has 0 atom stereocenters. The van der Waals surface area contributed by atoms with E-state index in [9.17, 15) is 9.59 Å². The molecule has 30 heavy (non-hydrogen) atoms. The van der Waals surface area contributed by atoms with E-state index in [0.717, 1.165) is 5.56 Å². The minimum atomic E-state index is -0.479. The summed E-state index contributed by atoms with van der Waals surface area (Å²) in [5.74, 6) is 0.966. The summed E-state index contributed by atoms with van der Waals surface area (Å²) in [6.45, 7) is 0. The van der Waals surface area contributed by atoms with Crippen LogP contribution >= 0.6 is 15.9 Å². The van der Waals surface area contributed by atoms with Gasteiger partial charge in [0.25, 0.3) is 0 Å². The van der Waals surface area contributed by atoms with Gasteiger partial charge in [-0.15, -0.1) is 0 Å². The van der Waals surface area contributed by atoms with Gasteiger partial charge in [-0.05, 0) is 76.6 Å². The number of hydrogen-bond acceptors (Lipinski definition) is 5. The second kappa shape index (κ2) is 9.89. The number of allylic oxidation sites excluding steroid dienone is 1. The van der Waals surface area contributed by atoms with Gasteiger partial charge in [0.2, 0.25) is 0 Å². The number of ketones is 1. The van der Waals surface area contributed by atoms with Gasteiger partial charge >= 0.3 is 5.97 Å². The van der Waals surface area contributed by atoms with Crippen molar-refractivity contribution in [2.45, 2.75) is 0 Å². The quantitative estimate of drug-likeness (QED) is 0.197. The highest BCUT2D eigenvalue weighted by molar-refractivity contribution is 9.10. The number of benzene rings is 3. The summed E-state index contributed by atoms with van der Waals surface area (Å²) in [6.07, 6.45) is 3.15. The second-order valence-corrected chi connectivity index (χ2v) is 7.05. The van der Waals surface area contributed by atoms with E-state index >= 15 is 0 Å². The monoisotopic (exact) mass is 466 g/mol. The van der Waals surface area contributed by atoms with Crippen molar-refractivity contribution in [2.24, 2.45) is 0 Å². The molecule has 0 N–H and O–H groups in total. The van der Waals surface area contributed by atoms with Crippen molar-refractivity contribution in [1.82, 2.24) is 0 Å². The number of carbonyl (C=O) groups excluding carboxylic acids is 2. The van der Waals surface area contributed by atoms with Gasteiger partial charge in [-0.3, -0.25) is 4.79 Å². The third-order valence-electron chi connectivity index (χ3n) is 4.30. The molecule has 3 aromatic carbocycles. The lowest BCUT2D eigenvalue weighted by Gasteiger charge is -2.07. The zero-order chi connectivity index (χ0) is 21.5. The molecule has 0 aliphatic rings. The highest BCUT2D eigenvalue weighted by atomic mass is 79.9. The Labute approximate surface area is 183 Å². The molecule has 5 nitrogen and oxygen atoms in total. The fourth-order valence-corrected chi connectivity index (χ4v) is 3.14. The number of carbonyl (C=O) groups is 2. The highest BCUT2D eigenvalue weighted by Crippen LogP contribution is 2.26. The molecule has 0 heterocycles. The van der Waals surface area contributed by atoms with Gasteiger partial charge < -0.3 is 14.2 Å². The van der Waals surface area contributed by atoms with Crippen LogP contribution in [0.5, 0.6) is 17.2 Å². The van der Waals surface area contributed by atoms with Crippen LogP contribution in [-0.2, 0) is 0 Å². The van der Waals surface area contributed by atoms with Crippen LogP contribution in [0.1, 0.15) is 26.3 Å². The SMILES string of the molecule is COc1ccc(/C=C/C(=O)c2ccc(OC(=O)c3ccccc3Br)cc2)c(OC)c1. The van der Waals surface area contributed by atoms with Crippen molar-refractivity contribution in [2.75, 3.05) is 14.2 Å². The summed E-state index contributed by atoms with van der Waals surface area (Å²) in [5, 5.41) is 0. The van der Waals surface area contributed by atoms with Crippen LogP contribution < -0.4 is 14.2 Å². The molecule has 0 fully saturated rings. The van der Waals surface area contributed by atoms with Crippen molar-refractivity contribution in [1.29, 1.82) is 0 Å². The molecule has 0 unspecified atom stereocenters. The molecule has 0 aliphatic heterocycles. The lowest BCUT2D eigenvalue weighted by Crippen LogP contribution is -2.09. The normalized spacial score (nSPS) is 10.6. The van der Waals surface area contributed by atoms with Gasteiger partial charge in [-0.25, -0.2) is 4.79 Å². The molecule has 0 saturated heterocycles. The first-order valence-electron chi connectivity index (χ1n) is 9.03. The van der Waals surface area contributed by atoms with Crippen LogP contribution in [-0.4, -0.2) is 26.0 Å². The summed E-state index contributed by atoms with van der Waals surface area (Å²) < 4.78 is 16.5. The van der Waals surface area contributed by atoms with Gasteiger partial charge in [0.05, 0.1) is 19.8 Å². The van der Waals surface area contributed by atoms with Crippen LogP contribution in [0.3, 0.4) is 0 Å². The maximum atomic E-state index is 12.5. The Morgan fingerprint density at radius 1 is 0.867 bits per heavy atom. The lowest BCUT2D eigenvalue weighted by molar-refractivity contribution is 0.0733. The lowest BCUT2D eigenvalue weighted by atomic mass is 10.1. The number of halogens is 1. The molecule has 6 heteroatoms. The predicted octanol–water partition coefficient (Wildman–Crippen LogP) is 5.58. The first-order chi connectivity index (χ1) is 14.5. The highest BCUT2D eigenvalue weighted by Gasteiger charge is 2.12. The number of ether oxygens (including phenoxy) is 3. The summed E-state index contributed by atoms with van der Waals surface area (Å²) in [7, 11) is 3.13. The summed E-state index contributed by atoms with van der Waals surface area (Å²) in [6, 6.07) is 18.8. The van der Waals surface area contributed by atoms with Crippen molar-refractivity contribution >= 4 is 33.8 Å². The summed E-state index contributed by atoms with van der Waals surface area (Å²) in [4.78, 5) is 24.7. The van der Waals surface area contributed by atoms with Crippen LogP contribution in [0.2, 0.25) is 0 Å². The second-order valence-electron chi connectivity index (χ2n) is 6.20. The Morgan fingerprint density at radius 3 is 2.23 bits per heavy atom. The third-order valence-corrected chi connectivity index (χ3v) is 4.99. The molecule has 3 rings (SSSR count). The number of hydrogen-bond donors (Lipinski definition) is 0. The largest absolute Gasteiger partial charge is 0.497 e. The Bertz CT molecular complexity index is 1090. The van der Waals surface area contributed by atoms with Crippen molar-refractivity contribution in [3.05, 3.63) is 94.0 Å². The first kappa shape index (κ1) is 21.3. The van der Waals surface area contributed by atoms with E-state index in [1.807, 2.05) is 12.1 Å². The Morgan fingerprint density at radius 2 is 1.57 bits per heavy atom. The van der Waals surface area contributed by atoms with Gasteiger partial charge in [0.15, 0.2) is 5.78 Å². The van der Waals surface area contributed by atoms with Crippen molar-refractivity contribution < 1.29 is 23.8 Å². The van der Waals surface area contributed by atoms with E-state index in [4.69, 9.17) is 14.2 Å². The third kappa shape index (κ3) is 5.15. The maximum absolute atomic E-state index is 12.5. The van der Waals surface area contributed by atoms with E-state index in [1.54, 1.807) is 74.9 Å². The molecule has 0 amide bonds. The van der Waals surface area contributed by atoms with Crippen molar-refractivity contribution in [3.8, 4) is 17.2 Å². The topological polar surface area (TPSA) is 61.8 Å². The zero-order valence-electron chi connectivity index (χ0n) is 16.4. The van der Waals surface area contributed by atoms with Gasteiger partial charge in [0, 0.05) is 21.7 Å². The van der Waals surface area contributed by atoms with Gasteiger partial charge in [0.1, 0.15) is 17.2 Å². The minimum Gasteiger partial charge on any atom is -0.497 e. The van der Waals surface area contributed by atoms with Gasteiger partial charge in [-0.2, -0.15) is 0 Å². The van der Waals surface area contributed by atoms with Crippen molar-refractivity contribution in [3.63, 3.8) is 0 Å². The first-order valence-corrected chi connectivity index (χ1v) is 9.82. The Hall–Kier alpha value is -3.38. The molecule has 152 valence electrons. The van der Waals surface area contributed by atoms with E-state index in [0.29, 0.717) is 32.8 Å². The van der Waals surface area contributed by atoms with E-state index in [-0.39, 0.29) is 5.78 Å². The fourth-order valence-electron chi connectivity index (χ4n) is 2.69. The molecular formula is C24H19BrO5. The van der Waals surface area contributed by atoms with Gasteiger partial charge in [-0.1, -0.05) is 12.1 Å². The average molecular weight is 467 g/mol. The zero-order valence-corrected chi connectivity index (χ0v) is 18.0. The fraction of sp³-hybridized carbons (Fsp3) is 0.0833. The smallest absolute Gasteiger partial charge is 0.344 e. The van der Waals surface area contributed by atoms with E-state index in [1.165, 1.54) is 6.08 Å². The van der Waals surface area contributed by atoms with Crippen LogP contribution in [0.25, 0.3) is 6.08 Å². The van der Waals surface area contributed by atoms with E-state index in [2.05, 4.69) is 15.9 Å². The Balaban J connectivity index is 1.69. The minimum absolute atomic E-state index is 0.184. The molecule has 0 aromatic heterocycles.